The quantitative estimate of drug-likeness (QED) is 0.597. The van der Waals surface area contributed by atoms with Gasteiger partial charge in [-0.2, -0.15) is 18.4 Å². The number of carbonyl (C=O) groups is 1. The summed E-state index contributed by atoms with van der Waals surface area (Å²) in [6.45, 7) is -0.0247. The summed E-state index contributed by atoms with van der Waals surface area (Å²) in [5.74, 6) is 0. The van der Waals surface area contributed by atoms with E-state index < -0.39 is 18.2 Å². The Bertz CT molecular complexity index is 1100. The number of aromatic amines is 1. The number of hydrogen-bond acceptors (Lipinski definition) is 2. The van der Waals surface area contributed by atoms with Gasteiger partial charge in [0.2, 0.25) is 0 Å². The number of aromatic nitrogens is 1. The number of anilines is 1. The summed E-state index contributed by atoms with van der Waals surface area (Å²) < 4.78 is 42.3. The van der Waals surface area contributed by atoms with E-state index in [1.807, 2.05) is 6.07 Å². The molecule has 8 heteroatoms. The fourth-order valence-corrected chi connectivity index (χ4v) is 3.82. The van der Waals surface area contributed by atoms with Gasteiger partial charge in [-0.15, -0.1) is 0 Å². The third-order valence-corrected chi connectivity index (χ3v) is 5.09. The first-order valence-corrected chi connectivity index (χ1v) is 9.12. The summed E-state index contributed by atoms with van der Waals surface area (Å²) in [6.07, 6.45) is -3.77. The largest absolute Gasteiger partial charge is 0.414 e. The number of halogens is 3. The van der Waals surface area contributed by atoms with Gasteiger partial charge < -0.3 is 15.2 Å². The average Bonchev–Trinajstić information content (AvgIpc) is 2.92. The number of hydrogen-bond donors (Lipinski definition) is 2. The molecule has 0 spiro atoms. The first-order valence-electron chi connectivity index (χ1n) is 9.12. The van der Waals surface area contributed by atoms with Crippen molar-refractivity contribution >= 4 is 22.6 Å². The SMILES string of the molecule is N#Cc1ccc(NC(=O)N2CCCc3c([nH]c4ccccc34)C2C(F)(F)F)cc1. The van der Waals surface area contributed by atoms with Crippen LogP contribution in [0.4, 0.5) is 23.7 Å². The van der Waals surface area contributed by atoms with Crippen LogP contribution in [-0.4, -0.2) is 28.6 Å². The molecule has 0 fully saturated rings. The van der Waals surface area contributed by atoms with E-state index in [0.29, 0.717) is 35.2 Å². The zero-order valence-electron chi connectivity index (χ0n) is 15.3. The third kappa shape index (κ3) is 3.51. The standard InChI is InChI=1S/C21H17F3N4O/c22-21(23,24)19-18-16(15-4-1-2-6-17(15)27-18)5-3-11-28(19)20(29)26-14-9-7-13(12-25)8-10-14/h1-2,4,6-10,19,27H,3,5,11H2,(H,26,29). The second kappa shape index (κ2) is 7.17. The van der Waals surface area contributed by atoms with Gasteiger partial charge >= 0.3 is 12.2 Å². The minimum Gasteiger partial charge on any atom is -0.356 e. The van der Waals surface area contributed by atoms with E-state index in [-0.39, 0.29) is 12.2 Å². The van der Waals surface area contributed by atoms with Crippen molar-refractivity contribution in [1.82, 2.24) is 9.88 Å². The van der Waals surface area contributed by atoms with Gasteiger partial charge in [0, 0.05) is 23.1 Å². The molecule has 1 aliphatic rings. The van der Waals surface area contributed by atoms with Crippen LogP contribution >= 0.6 is 0 Å². The molecule has 1 aromatic heterocycles. The van der Waals surface area contributed by atoms with Gasteiger partial charge in [-0.05, 0) is 48.7 Å². The van der Waals surface area contributed by atoms with Gasteiger partial charge in [-0.1, -0.05) is 18.2 Å². The first kappa shape index (κ1) is 18.9. The average molecular weight is 398 g/mol. The molecule has 0 radical (unpaired) electrons. The minimum absolute atomic E-state index is 0.0196. The molecule has 2 aromatic carbocycles. The fraction of sp³-hybridized carbons (Fsp3) is 0.238. The Labute approximate surface area is 164 Å². The maximum absolute atomic E-state index is 14.1. The Morgan fingerprint density at radius 2 is 1.90 bits per heavy atom. The molecule has 2 heterocycles. The van der Waals surface area contributed by atoms with Gasteiger partial charge in [0.05, 0.1) is 17.3 Å². The fourth-order valence-electron chi connectivity index (χ4n) is 3.82. The number of aryl methyl sites for hydroxylation is 1. The van der Waals surface area contributed by atoms with Gasteiger partial charge in [-0.25, -0.2) is 4.79 Å². The number of H-pyrrole nitrogens is 1. The van der Waals surface area contributed by atoms with Crippen molar-refractivity contribution in [3.8, 4) is 6.07 Å². The normalized spacial score (nSPS) is 16.8. The summed E-state index contributed by atoms with van der Waals surface area (Å²) in [5.41, 5.74) is 1.98. The van der Waals surface area contributed by atoms with E-state index in [2.05, 4.69) is 10.3 Å². The van der Waals surface area contributed by atoms with Crippen LogP contribution in [-0.2, 0) is 6.42 Å². The Morgan fingerprint density at radius 3 is 2.59 bits per heavy atom. The highest BCUT2D eigenvalue weighted by molar-refractivity contribution is 5.90. The van der Waals surface area contributed by atoms with E-state index in [4.69, 9.17) is 5.26 Å². The Kier molecular flexibility index (Phi) is 4.66. The number of carbonyl (C=O) groups excluding carboxylic acids is 1. The van der Waals surface area contributed by atoms with E-state index >= 15 is 0 Å². The lowest BCUT2D eigenvalue weighted by Crippen LogP contribution is -2.44. The number of benzene rings is 2. The van der Waals surface area contributed by atoms with Crippen LogP contribution in [0.25, 0.3) is 10.9 Å². The van der Waals surface area contributed by atoms with Crippen molar-refractivity contribution in [2.24, 2.45) is 0 Å². The van der Waals surface area contributed by atoms with Crippen molar-refractivity contribution in [3.63, 3.8) is 0 Å². The van der Waals surface area contributed by atoms with E-state index in [9.17, 15) is 18.0 Å². The predicted molar refractivity (Wildman–Crippen MR) is 102 cm³/mol. The van der Waals surface area contributed by atoms with Crippen molar-refractivity contribution < 1.29 is 18.0 Å². The maximum Gasteiger partial charge on any atom is 0.414 e. The molecule has 29 heavy (non-hydrogen) atoms. The maximum atomic E-state index is 14.1. The van der Waals surface area contributed by atoms with Gasteiger partial charge in [0.15, 0.2) is 6.04 Å². The van der Waals surface area contributed by atoms with E-state index in [0.717, 1.165) is 10.3 Å². The molecular formula is C21H17F3N4O. The Morgan fingerprint density at radius 1 is 1.17 bits per heavy atom. The molecule has 2 amide bonds. The molecule has 0 aliphatic carbocycles. The highest BCUT2D eigenvalue weighted by Crippen LogP contribution is 2.43. The van der Waals surface area contributed by atoms with Crippen molar-refractivity contribution in [1.29, 1.82) is 5.26 Å². The van der Waals surface area contributed by atoms with Crippen LogP contribution in [0.15, 0.2) is 48.5 Å². The number of nitrogens with zero attached hydrogens (tertiary/aromatic N) is 2. The highest BCUT2D eigenvalue weighted by Gasteiger charge is 2.49. The third-order valence-electron chi connectivity index (χ3n) is 5.09. The molecule has 148 valence electrons. The number of amides is 2. The lowest BCUT2D eigenvalue weighted by molar-refractivity contribution is -0.178. The second-order valence-corrected chi connectivity index (χ2v) is 6.92. The number of alkyl halides is 3. The monoisotopic (exact) mass is 398 g/mol. The molecule has 1 aliphatic heterocycles. The lowest BCUT2D eigenvalue weighted by Gasteiger charge is -2.31. The van der Waals surface area contributed by atoms with Gasteiger partial charge in [0.1, 0.15) is 0 Å². The van der Waals surface area contributed by atoms with Gasteiger partial charge in [-0.3, -0.25) is 0 Å². The van der Waals surface area contributed by atoms with Crippen molar-refractivity contribution in [3.05, 3.63) is 65.4 Å². The van der Waals surface area contributed by atoms with E-state index in [1.54, 1.807) is 24.3 Å². The van der Waals surface area contributed by atoms with Crippen LogP contribution in [0.3, 0.4) is 0 Å². The number of urea groups is 1. The summed E-state index contributed by atoms with van der Waals surface area (Å²) in [7, 11) is 0. The zero-order chi connectivity index (χ0) is 20.6. The smallest absolute Gasteiger partial charge is 0.356 e. The van der Waals surface area contributed by atoms with Crippen molar-refractivity contribution in [2.45, 2.75) is 25.1 Å². The van der Waals surface area contributed by atoms with Crippen LogP contribution in [0, 0.1) is 11.3 Å². The predicted octanol–water partition coefficient (Wildman–Crippen LogP) is 5.12. The summed E-state index contributed by atoms with van der Waals surface area (Å²) >= 11 is 0. The molecular weight excluding hydrogens is 381 g/mol. The molecule has 1 unspecified atom stereocenters. The number of nitriles is 1. The number of para-hydroxylation sites is 1. The molecule has 3 aromatic rings. The number of fused-ring (bicyclic) bond motifs is 3. The number of rotatable bonds is 1. The highest BCUT2D eigenvalue weighted by atomic mass is 19.4. The first-order chi connectivity index (χ1) is 13.9. The van der Waals surface area contributed by atoms with Crippen LogP contribution in [0.1, 0.15) is 29.3 Å². The summed E-state index contributed by atoms with van der Waals surface area (Å²) in [6, 6.07) is 12.1. The molecule has 0 saturated carbocycles. The van der Waals surface area contributed by atoms with Gasteiger partial charge in [0.25, 0.3) is 0 Å². The van der Waals surface area contributed by atoms with E-state index in [1.165, 1.54) is 24.3 Å². The molecule has 4 rings (SSSR count). The number of nitrogens with one attached hydrogen (secondary N) is 2. The van der Waals surface area contributed by atoms with Crippen LogP contribution < -0.4 is 5.32 Å². The van der Waals surface area contributed by atoms with Crippen LogP contribution in [0.5, 0.6) is 0 Å². The molecule has 1 atom stereocenters. The summed E-state index contributed by atoms with van der Waals surface area (Å²) in [4.78, 5) is 16.5. The van der Waals surface area contributed by atoms with Crippen LogP contribution in [0.2, 0.25) is 0 Å². The summed E-state index contributed by atoms with van der Waals surface area (Å²) in [5, 5.41) is 12.1. The van der Waals surface area contributed by atoms with Crippen molar-refractivity contribution in [2.75, 3.05) is 11.9 Å². The molecule has 5 nitrogen and oxygen atoms in total. The molecule has 0 saturated heterocycles. The zero-order valence-corrected chi connectivity index (χ0v) is 15.3. The topological polar surface area (TPSA) is 71.9 Å². The lowest BCUT2D eigenvalue weighted by atomic mass is 10.0. The minimum atomic E-state index is -4.64. The molecule has 2 N–H and O–H groups in total. The second-order valence-electron chi connectivity index (χ2n) is 6.92. The molecule has 0 bridgehead atoms. The Balaban J connectivity index is 1.71. The Hall–Kier alpha value is -3.47.